The van der Waals surface area contributed by atoms with Gasteiger partial charge in [-0.15, -0.1) is 0 Å². The number of rotatable bonds is 4. The summed E-state index contributed by atoms with van der Waals surface area (Å²) >= 11 is 0. The van der Waals surface area contributed by atoms with Crippen LogP contribution in [0.3, 0.4) is 0 Å². The van der Waals surface area contributed by atoms with Gasteiger partial charge in [0.25, 0.3) is 0 Å². The summed E-state index contributed by atoms with van der Waals surface area (Å²) in [5.74, 6) is -0.298. The van der Waals surface area contributed by atoms with Gasteiger partial charge in [-0.2, -0.15) is 0 Å². The lowest BCUT2D eigenvalue weighted by Crippen LogP contribution is -2.36. The largest absolute Gasteiger partial charge is 0.326 e. The molecule has 3 atom stereocenters. The van der Waals surface area contributed by atoms with Crippen LogP contribution >= 0.6 is 0 Å². The van der Waals surface area contributed by atoms with E-state index < -0.39 is 0 Å². The lowest BCUT2D eigenvalue weighted by atomic mass is 9.99. The second-order valence-electron chi connectivity index (χ2n) is 6.91. The van der Waals surface area contributed by atoms with Crippen LogP contribution in [0.15, 0.2) is 48.5 Å². The minimum absolute atomic E-state index is 0.0151. The normalized spacial score (nSPS) is 21.9. The topological polar surface area (TPSA) is 32.3 Å². The molecule has 0 spiro atoms. The van der Waals surface area contributed by atoms with Gasteiger partial charge >= 0.3 is 0 Å². The van der Waals surface area contributed by atoms with Crippen molar-refractivity contribution in [1.82, 2.24) is 4.90 Å². The van der Waals surface area contributed by atoms with E-state index in [9.17, 15) is 9.18 Å². The number of anilines is 1. The fraction of sp³-hybridized carbons (Fsp3) is 0.381. The Labute approximate surface area is 148 Å². The molecule has 2 aromatic carbocycles. The number of nitrogens with one attached hydrogen (secondary N) is 1. The average molecular weight is 340 g/mol. The molecule has 2 aromatic rings. The summed E-state index contributed by atoms with van der Waals surface area (Å²) < 4.78 is 13.4. The van der Waals surface area contributed by atoms with Crippen LogP contribution in [-0.4, -0.2) is 23.4 Å². The number of hydrogen-bond acceptors (Lipinski definition) is 2. The summed E-state index contributed by atoms with van der Waals surface area (Å²) in [5.41, 5.74) is 2.46. The fourth-order valence-corrected chi connectivity index (χ4v) is 3.74. The smallest absolute Gasteiger partial charge is 0.229 e. The van der Waals surface area contributed by atoms with Crippen LogP contribution in [0.5, 0.6) is 0 Å². The van der Waals surface area contributed by atoms with Gasteiger partial charge in [-0.3, -0.25) is 9.69 Å². The van der Waals surface area contributed by atoms with Crippen LogP contribution in [0.25, 0.3) is 0 Å². The molecule has 1 aliphatic rings. The molecule has 0 aliphatic carbocycles. The van der Waals surface area contributed by atoms with E-state index >= 15 is 0 Å². The molecule has 1 heterocycles. The first-order valence-corrected chi connectivity index (χ1v) is 8.85. The predicted molar refractivity (Wildman–Crippen MR) is 98.9 cm³/mol. The molecule has 1 N–H and O–H groups in total. The summed E-state index contributed by atoms with van der Waals surface area (Å²) in [6, 6.07) is 15.5. The van der Waals surface area contributed by atoms with Crippen LogP contribution in [0.1, 0.15) is 37.4 Å². The predicted octanol–water partition coefficient (Wildman–Crippen LogP) is 4.54. The van der Waals surface area contributed by atoms with Crippen molar-refractivity contribution in [3.8, 4) is 0 Å². The van der Waals surface area contributed by atoms with Crippen LogP contribution in [0.2, 0.25) is 0 Å². The van der Waals surface area contributed by atoms with Crippen molar-refractivity contribution < 1.29 is 9.18 Å². The molecule has 1 amide bonds. The zero-order valence-electron chi connectivity index (χ0n) is 15.0. The van der Waals surface area contributed by atoms with Gasteiger partial charge in [-0.25, -0.2) is 4.39 Å². The number of hydrogen-bond donors (Lipinski definition) is 1. The van der Waals surface area contributed by atoms with E-state index in [1.807, 2.05) is 18.2 Å². The SMILES string of the molecule is Cc1cc(NC(=O)C2CCN([C@@H](C)c3ccccc3)C2C)ccc1F. The monoisotopic (exact) mass is 340 g/mol. The van der Waals surface area contributed by atoms with Crippen LogP contribution in [0.4, 0.5) is 10.1 Å². The molecule has 3 rings (SSSR count). The fourth-order valence-electron chi connectivity index (χ4n) is 3.74. The highest BCUT2D eigenvalue weighted by molar-refractivity contribution is 5.93. The Morgan fingerprint density at radius 3 is 2.64 bits per heavy atom. The summed E-state index contributed by atoms with van der Waals surface area (Å²) in [6.07, 6.45) is 0.838. The van der Waals surface area contributed by atoms with Crippen molar-refractivity contribution in [2.24, 2.45) is 5.92 Å². The van der Waals surface area contributed by atoms with Crippen molar-refractivity contribution in [2.45, 2.75) is 39.3 Å². The second kappa shape index (κ2) is 7.36. The zero-order valence-corrected chi connectivity index (χ0v) is 15.0. The van der Waals surface area contributed by atoms with Crippen molar-refractivity contribution >= 4 is 11.6 Å². The van der Waals surface area contributed by atoms with Gasteiger partial charge < -0.3 is 5.32 Å². The van der Waals surface area contributed by atoms with E-state index in [0.29, 0.717) is 11.3 Å². The minimum atomic E-state index is -0.255. The van der Waals surface area contributed by atoms with E-state index in [4.69, 9.17) is 0 Å². The van der Waals surface area contributed by atoms with Gasteiger partial charge in [0.1, 0.15) is 5.82 Å². The summed E-state index contributed by atoms with van der Waals surface area (Å²) in [7, 11) is 0. The molecule has 132 valence electrons. The number of benzene rings is 2. The molecule has 1 saturated heterocycles. The van der Waals surface area contributed by atoms with E-state index in [1.54, 1.807) is 19.1 Å². The molecule has 2 unspecified atom stereocenters. The molecular weight excluding hydrogens is 315 g/mol. The lowest BCUT2D eigenvalue weighted by molar-refractivity contribution is -0.120. The number of likely N-dealkylation sites (tertiary alicyclic amines) is 1. The first kappa shape index (κ1) is 17.6. The number of aryl methyl sites for hydroxylation is 1. The maximum absolute atomic E-state index is 13.4. The maximum atomic E-state index is 13.4. The van der Waals surface area contributed by atoms with Crippen molar-refractivity contribution in [1.29, 1.82) is 0 Å². The minimum Gasteiger partial charge on any atom is -0.326 e. The summed E-state index contributed by atoms with van der Waals surface area (Å²) in [5, 5.41) is 2.95. The maximum Gasteiger partial charge on any atom is 0.229 e. The van der Waals surface area contributed by atoms with Gasteiger partial charge in [0, 0.05) is 17.8 Å². The molecule has 4 heteroatoms. The van der Waals surface area contributed by atoms with Gasteiger partial charge in [0.2, 0.25) is 5.91 Å². The first-order chi connectivity index (χ1) is 12.0. The molecule has 1 fully saturated rings. The van der Waals surface area contributed by atoms with E-state index in [-0.39, 0.29) is 29.7 Å². The van der Waals surface area contributed by atoms with Gasteiger partial charge in [0.15, 0.2) is 0 Å². The Morgan fingerprint density at radius 1 is 1.24 bits per heavy atom. The molecule has 25 heavy (non-hydrogen) atoms. The second-order valence-corrected chi connectivity index (χ2v) is 6.91. The molecule has 0 radical (unpaired) electrons. The zero-order chi connectivity index (χ0) is 18.0. The van der Waals surface area contributed by atoms with E-state index in [2.05, 4.69) is 36.2 Å². The molecule has 1 aliphatic heterocycles. The molecule has 0 saturated carbocycles. The Bertz CT molecular complexity index is 747. The van der Waals surface area contributed by atoms with Crippen LogP contribution in [0, 0.1) is 18.7 Å². The number of halogens is 1. The highest BCUT2D eigenvalue weighted by Gasteiger charge is 2.38. The van der Waals surface area contributed by atoms with E-state index in [0.717, 1.165) is 13.0 Å². The lowest BCUT2D eigenvalue weighted by Gasteiger charge is -2.30. The molecule has 3 nitrogen and oxygen atoms in total. The molecule has 0 aromatic heterocycles. The quantitative estimate of drug-likeness (QED) is 0.886. The van der Waals surface area contributed by atoms with E-state index in [1.165, 1.54) is 11.6 Å². The first-order valence-electron chi connectivity index (χ1n) is 8.85. The number of carbonyl (C=O) groups excluding carboxylic acids is 1. The highest BCUT2D eigenvalue weighted by Crippen LogP contribution is 2.33. The summed E-state index contributed by atoms with van der Waals surface area (Å²) in [4.78, 5) is 15.1. The highest BCUT2D eigenvalue weighted by atomic mass is 19.1. The van der Waals surface area contributed by atoms with Crippen LogP contribution < -0.4 is 5.32 Å². The standard InChI is InChI=1S/C21H25FN2O/c1-14-13-18(9-10-20(14)22)23-21(25)19-11-12-24(16(19)3)15(2)17-7-5-4-6-8-17/h4-10,13,15-16,19H,11-12H2,1-3H3,(H,23,25)/t15-,16?,19?/m0/s1. The van der Waals surface area contributed by atoms with Crippen molar-refractivity contribution in [3.05, 3.63) is 65.5 Å². The number of carbonyl (C=O) groups is 1. The van der Waals surface area contributed by atoms with Gasteiger partial charge in [-0.05, 0) is 63.1 Å². The number of amides is 1. The van der Waals surface area contributed by atoms with Gasteiger partial charge in [-0.1, -0.05) is 30.3 Å². The Morgan fingerprint density at radius 2 is 1.96 bits per heavy atom. The summed E-state index contributed by atoms with van der Waals surface area (Å²) in [6.45, 7) is 6.91. The third-order valence-corrected chi connectivity index (χ3v) is 5.35. The average Bonchev–Trinajstić information content (AvgIpc) is 3.00. The Balaban J connectivity index is 1.67. The van der Waals surface area contributed by atoms with Crippen molar-refractivity contribution in [3.63, 3.8) is 0 Å². The third kappa shape index (κ3) is 3.74. The molecular formula is C21H25FN2O. The van der Waals surface area contributed by atoms with Crippen molar-refractivity contribution in [2.75, 3.05) is 11.9 Å². The van der Waals surface area contributed by atoms with Crippen LogP contribution in [-0.2, 0) is 4.79 Å². The Kier molecular flexibility index (Phi) is 5.19. The molecule has 0 bridgehead atoms. The third-order valence-electron chi connectivity index (χ3n) is 5.35. The van der Waals surface area contributed by atoms with Gasteiger partial charge in [0.05, 0.1) is 5.92 Å². The number of nitrogens with zero attached hydrogens (tertiary/aromatic N) is 1. The Hall–Kier alpha value is -2.20.